The van der Waals surface area contributed by atoms with Crippen molar-refractivity contribution in [3.63, 3.8) is 0 Å². The highest BCUT2D eigenvalue weighted by atomic mass is 32.2. The van der Waals surface area contributed by atoms with Gasteiger partial charge >= 0.3 is 10.3 Å². The van der Waals surface area contributed by atoms with Gasteiger partial charge in [-0.15, -0.1) is 0 Å². The zero-order valence-corrected chi connectivity index (χ0v) is 7.13. The third-order valence-electron chi connectivity index (χ3n) is 0.739. The lowest BCUT2D eigenvalue weighted by atomic mass is 11.2. The van der Waals surface area contributed by atoms with Crippen LogP contribution in [0.25, 0.3) is 0 Å². The Hall–Kier alpha value is -0.220. The minimum Gasteiger partial charge on any atom is -0.285 e. The van der Waals surface area contributed by atoms with Crippen LogP contribution in [0.15, 0.2) is 0 Å². The van der Waals surface area contributed by atoms with Crippen molar-refractivity contribution in [2.75, 3.05) is 12.9 Å². The van der Waals surface area contributed by atoms with Gasteiger partial charge in [-0.25, -0.2) is 0 Å². The van der Waals surface area contributed by atoms with Crippen molar-refractivity contribution in [3.8, 4) is 0 Å². The van der Waals surface area contributed by atoms with Gasteiger partial charge in [-0.1, -0.05) is 0 Å². The lowest BCUT2D eigenvalue weighted by Crippen LogP contribution is -2.31. The second kappa shape index (κ2) is 3.03. The van der Waals surface area contributed by atoms with Crippen molar-refractivity contribution < 1.29 is 25.9 Å². The second-order valence-electron chi connectivity index (χ2n) is 1.79. The first-order chi connectivity index (χ1) is 4.63. The predicted molar refractivity (Wildman–Crippen MR) is 35.7 cm³/mol. The summed E-state index contributed by atoms with van der Waals surface area (Å²) in [5, 5.41) is 0. The molecule has 0 aromatic carbocycles. The minimum absolute atomic E-state index is 0.0856. The maximum atomic E-state index is 10.1. The Labute approximate surface area is 64.3 Å². The second-order valence-corrected chi connectivity index (χ2v) is 4.73. The van der Waals surface area contributed by atoms with E-state index in [-0.39, 0.29) is 4.31 Å². The molecule has 0 atom stereocenters. The molecule has 0 aromatic heterocycles. The monoisotopic (exact) mass is 205 g/mol. The Morgan fingerprint density at radius 1 is 1.18 bits per heavy atom. The van der Waals surface area contributed by atoms with E-state index in [2.05, 4.69) is 0 Å². The van der Waals surface area contributed by atoms with Crippen LogP contribution >= 0.6 is 0 Å². The average molecular weight is 205 g/mol. The van der Waals surface area contributed by atoms with Crippen LogP contribution in [0.2, 0.25) is 0 Å². The van der Waals surface area contributed by atoms with E-state index in [9.17, 15) is 16.8 Å². The average Bonchev–Trinajstić information content (AvgIpc) is 1.56. The molecule has 0 unspecified atom stereocenters. The van der Waals surface area contributed by atoms with Gasteiger partial charge < -0.3 is 0 Å². The first-order valence-electron chi connectivity index (χ1n) is 2.27. The predicted octanol–water partition coefficient (Wildman–Crippen LogP) is -1.43. The molecule has 0 aromatic rings. The Morgan fingerprint density at radius 3 is 1.64 bits per heavy atom. The highest BCUT2D eigenvalue weighted by Crippen LogP contribution is 1.94. The molecule has 0 amide bonds. The van der Waals surface area contributed by atoms with Gasteiger partial charge in [0.15, 0.2) is 0 Å². The van der Waals surface area contributed by atoms with Gasteiger partial charge in [0.2, 0.25) is 0 Å². The number of hydrogen-bond acceptors (Lipinski definition) is 4. The molecule has 0 aliphatic heterocycles. The van der Waals surface area contributed by atoms with Crippen LogP contribution in [0.3, 0.4) is 0 Å². The summed E-state index contributed by atoms with van der Waals surface area (Å²) in [6.45, 7) is 0. The fourth-order valence-corrected chi connectivity index (χ4v) is 1.69. The summed E-state index contributed by atoms with van der Waals surface area (Å²) in [4.78, 5) is 0. The van der Waals surface area contributed by atoms with E-state index in [1.807, 2.05) is 0 Å². The highest BCUT2D eigenvalue weighted by Gasteiger charge is 2.19. The molecule has 11 heavy (non-hydrogen) atoms. The van der Waals surface area contributed by atoms with Crippen LogP contribution in [0, 0.1) is 0 Å². The largest absolute Gasteiger partial charge is 0.336 e. The summed E-state index contributed by atoms with van der Waals surface area (Å²) < 4.78 is 56.6. The fourth-order valence-electron chi connectivity index (χ4n) is 0.296. The molecule has 0 aliphatic carbocycles. The number of nitrogens with zero attached hydrogens (tertiary/aromatic N) is 1. The molecule has 9 heteroatoms. The first-order valence-corrected chi connectivity index (χ1v) is 5.27. The molecular weight excluding hydrogens is 198 g/mol. The third kappa shape index (κ3) is 5.09. The molecule has 2 N–H and O–H groups in total. The van der Waals surface area contributed by atoms with E-state index in [1.54, 1.807) is 0 Å². The van der Waals surface area contributed by atoms with Gasteiger partial charge in [0, 0.05) is 7.05 Å². The molecule has 0 saturated heterocycles. The van der Waals surface area contributed by atoms with Crippen molar-refractivity contribution in [3.05, 3.63) is 0 Å². The summed E-state index contributed by atoms with van der Waals surface area (Å²) >= 11 is 0. The minimum atomic E-state index is -4.54. The third-order valence-corrected chi connectivity index (χ3v) is 2.53. The Bertz CT molecular complexity index is 312. The Morgan fingerprint density at radius 2 is 1.55 bits per heavy atom. The summed E-state index contributed by atoms with van der Waals surface area (Å²) in [7, 11) is -8.15. The summed E-state index contributed by atoms with van der Waals surface area (Å²) in [6.07, 6.45) is 0. The van der Waals surface area contributed by atoms with Gasteiger partial charge in [-0.05, 0) is 0 Å². The molecule has 0 aliphatic rings. The van der Waals surface area contributed by atoms with Crippen LogP contribution in [-0.4, -0.2) is 43.2 Å². The molecular formula is C2H7NO6S2. The Kier molecular flexibility index (Phi) is 2.97. The molecule has 0 bridgehead atoms. The van der Waals surface area contributed by atoms with Crippen molar-refractivity contribution in [1.29, 1.82) is 0 Å². The molecule has 7 nitrogen and oxygen atoms in total. The standard InChI is InChI=1S/C2H7NO6S2/c1-3(11(7,8)9)2-10(4,5)6/h2H2,1H3,(H,4,5,6)(H,7,8,9). The van der Waals surface area contributed by atoms with E-state index >= 15 is 0 Å². The van der Waals surface area contributed by atoms with Crippen LogP contribution < -0.4 is 0 Å². The van der Waals surface area contributed by atoms with Crippen molar-refractivity contribution in [2.24, 2.45) is 0 Å². The van der Waals surface area contributed by atoms with E-state index in [0.717, 1.165) is 7.05 Å². The van der Waals surface area contributed by atoms with Gasteiger partial charge in [-0.2, -0.15) is 21.1 Å². The smallest absolute Gasteiger partial charge is 0.285 e. The van der Waals surface area contributed by atoms with Crippen molar-refractivity contribution in [2.45, 2.75) is 0 Å². The molecule has 0 radical (unpaired) electrons. The Balaban J connectivity index is 4.47. The van der Waals surface area contributed by atoms with Crippen molar-refractivity contribution >= 4 is 20.4 Å². The van der Waals surface area contributed by atoms with Crippen LogP contribution in [0.5, 0.6) is 0 Å². The normalized spacial score (nSPS) is 13.8. The summed E-state index contributed by atoms with van der Waals surface area (Å²) in [6, 6.07) is 0. The quantitative estimate of drug-likeness (QED) is 0.546. The van der Waals surface area contributed by atoms with E-state index < -0.39 is 26.3 Å². The molecule has 0 heterocycles. The fraction of sp³-hybridized carbons (Fsp3) is 1.00. The topological polar surface area (TPSA) is 112 Å². The first kappa shape index (κ1) is 10.8. The highest BCUT2D eigenvalue weighted by molar-refractivity contribution is 7.88. The molecule has 68 valence electrons. The molecule has 0 saturated carbocycles. The lowest BCUT2D eigenvalue weighted by molar-refractivity contribution is 0.394. The summed E-state index contributed by atoms with van der Waals surface area (Å²) in [5.74, 6) is -1.16. The molecule has 0 spiro atoms. The summed E-state index contributed by atoms with van der Waals surface area (Å²) in [5.41, 5.74) is 0. The van der Waals surface area contributed by atoms with Crippen molar-refractivity contribution in [1.82, 2.24) is 4.31 Å². The number of rotatable bonds is 3. The van der Waals surface area contributed by atoms with Gasteiger partial charge in [0.1, 0.15) is 5.88 Å². The van der Waals surface area contributed by atoms with E-state index in [1.165, 1.54) is 0 Å². The van der Waals surface area contributed by atoms with Crippen LogP contribution in [0.1, 0.15) is 0 Å². The maximum absolute atomic E-state index is 10.1. The number of hydrogen-bond donors (Lipinski definition) is 2. The molecule has 0 fully saturated rings. The van der Waals surface area contributed by atoms with Crippen LogP contribution in [-0.2, 0) is 20.4 Å². The molecule has 0 rings (SSSR count). The SMILES string of the molecule is CN(CS(=O)(=O)O)S(=O)(=O)O. The van der Waals surface area contributed by atoms with Gasteiger partial charge in [-0.3, -0.25) is 9.11 Å². The lowest BCUT2D eigenvalue weighted by Gasteiger charge is -2.08. The van der Waals surface area contributed by atoms with Gasteiger partial charge in [0.05, 0.1) is 0 Å². The zero-order chi connectivity index (χ0) is 9.28. The van der Waals surface area contributed by atoms with Gasteiger partial charge in [0.25, 0.3) is 10.1 Å². The van der Waals surface area contributed by atoms with E-state index in [0.29, 0.717) is 0 Å². The zero-order valence-electron chi connectivity index (χ0n) is 5.50. The van der Waals surface area contributed by atoms with E-state index in [4.69, 9.17) is 9.11 Å². The van der Waals surface area contributed by atoms with Crippen LogP contribution in [0.4, 0.5) is 0 Å². The maximum Gasteiger partial charge on any atom is 0.336 e.